The van der Waals surface area contributed by atoms with Gasteiger partial charge < -0.3 is 29.2 Å². The molecule has 1 unspecified atom stereocenters. The van der Waals surface area contributed by atoms with Gasteiger partial charge in [0, 0.05) is 85.1 Å². The van der Waals surface area contributed by atoms with E-state index < -0.39 is 40.0 Å². The van der Waals surface area contributed by atoms with Crippen LogP contribution >= 0.6 is 0 Å². The molecule has 2 aromatic heterocycles. The smallest absolute Gasteiger partial charge is 0.261 e. The van der Waals surface area contributed by atoms with Crippen LogP contribution in [0.2, 0.25) is 0 Å². The molecule has 5 aromatic rings. The number of anilines is 2. The number of halogens is 3. The van der Waals surface area contributed by atoms with Crippen molar-refractivity contribution in [2.24, 2.45) is 5.92 Å². The van der Waals surface area contributed by atoms with E-state index in [1.54, 1.807) is 48.2 Å². The van der Waals surface area contributed by atoms with Crippen LogP contribution in [0.25, 0.3) is 10.9 Å². The first kappa shape index (κ1) is 40.1. The standard InChI is InChI=1S/C40H42F3N5O7S/c1-24-21-47(16-14-40(24,42)43)38-37(25(2)32-17-28(41)9-12-33(32)46-38)39(49)45-29-13-15-44-36(18-29)56(50,51)48(22-26-7-10-30(52-3)19-34(26)54-5)23-27-8-11-31(53-4)20-35(27)55-6/h7-13,15,17-20,24H,14,16,21-23H2,1-6H3,(H,44,45,49). The first-order valence-electron chi connectivity index (χ1n) is 17.6. The molecule has 1 saturated heterocycles. The number of amides is 1. The number of sulfonamides is 1. The summed E-state index contributed by atoms with van der Waals surface area (Å²) < 4.78 is 95.7. The Morgan fingerprint density at radius 2 is 1.54 bits per heavy atom. The van der Waals surface area contributed by atoms with E-state index in [2.05, 4.69) is 15.3 Å². The Labute approximate surface area is 323 Å². The normalized spacial score (nSPS) is 15.5. The number of nitrogens with zero attached hydrogens (tertiary/aromatic N) is 4. The predicted octanol–water partition coefficient (Wildman–Crippen LogP) is 7.24. The van der Waals surface area contributed by atoms with Gasteiger partial charge in [-0.15, -0.1) is 0 Å². The van der Waals surface area contributed by atoms with E-state index in [1.165, 1.54) is 76.2 Å². The molecule has 1 aliphatic heterocycles. The van der Waals surface area contributed by atoms with Crippen LogP contribution in [0.4, 0.5) is 24.7 Å². The molecule has 1 atom stereocenters. The minimum absolute atomic E-state index is 0.0431. The molecular weight excluding hydrogens is 752 g/mol. The Kier molecular flexibility index (Phi) is 11.6. The molecule has 1 amide bonds. The number of piperidine rings is 1. The molecular formula is C40H42F3N5O7S. The van der Waals surface area contributed by atoms with E-state index in [0.717, 1.165) is 0 Å². The SMILES string of the molecule is COc1ccc(CN(Cc2ccc(OC)cc2OC)S(=O)(=O)c2cc(NC(=O)c3c(N4CCC(F)(F)C(C)C4)nc4ccc(F)cc4c3C)ccn2)c(OC)c1. The van der Waals surface area contributed by atoms with Gasteiger partial charge in [0.1, 0.15) is 34.6 Å². The Balaban J connectivity index is 1.38. The van der Waals surface area contributed by atoms with Crippen molar-refractivity contribution in [3.8, 4) is 23.0 Å². The fraction of sp³-hybridized carbons (Fsp3) is 0.325. The largest absolute Gasteiger partial charge is 0.497 e. The summed E-state index contributed by atoms with van der Waals surface area (Å²) >= 11 is 0. The third-order valence-corrected chi connectivity index (χ3v) is 11.6. The molecule has 16 heteroatoms. The monoisotopic (exact) mass is 793 g/mol. The number of nitrogens with one attached hydrogen (secondary N) is 1. The van der Waals surface area contributed by atoms with Gasteiger partial charge in [0.25, 0.3) is 21.9 Å². The number of aromatic nitrogens is 2. The topological polar surface area (TPSA) is 132 Å². The number of carbonyl (C=O) groups excluding carboxylic acids is 1. The van der Waals surface area contributed by atoms with Crippen LogP contribution < -0.4 is 29.2 Å². The van der Waals surface area contributed by atoms with Crippen molar-refractivity contribution in [1.29, 1.82) is 0 Å². The fourth-order valence-corrected chi connectivity index (χ4v) is 8.03. The van der Waals surface area contributed by atoms with Crippen LogP contribution in [0.3, 0.4) is 0 Å². The van der Waals surface area contributed by atoms with E-state index in [9.17, 15) is 26.4 Å². The molecule has 0 spiro atoms. The van der Waals surface area contributed by atoms with Gasteiger partial charge in [-0.05, 0) is 48.9 Å². The zero-order valence-corrected chi connectivity index (χ0v) is 32.5. The van der Waals surface area contributed by atoms with Crippen molar-refractivity contribution < 1.29 is 45.3 Å². The van der Waals surface area contributed by atoms with Crippen molar-refractivity contribution in [3.63, 3.8) is 0 Å². The first-order chi connectivity index (χ1) is 26.7. The summed E-state index contributed by atoms with van der Waals surface area (Å²) in [6.45, 7) is 2.62. The summed E-state index contributed by atoms with van der Waals surface area (Å²) in [6, 6.07) is 16.7. The molecule has 1 fully saturated rings. The number of alkyl halides is 2. The summed E-state index contributed by atoms with van der Waals surface area (Å²) in [5.41, 5.74) is 1.95. The first-order valence-corrected chi connectivity index (χ1v) is 19.0. The predicted molar refractivity (Wildman–Crippen MR) is 205 cm³/mol. The highest BCUT2D eigenvalue weighted by molar-refractivity contribution is 7.89. The molecule has 0 radical (unpaired) electrons. The second kappa shape index (κ2) is 16.2. The van der Waals surface area contributed by atoms with Crippen molar-refractivity contribution in [2.75, 3.05) is 51.7 Å². The lowest BCUT2D eigenvalue weighted by Crippen LogP contribution is -2.46. The number of pyridine rings is 2. The molecule has 1 N–H and O–H groups in total. The molecule has 3 heterocycles. The number of methoxy groups -OCH3 is 4. The van der Waals surface area contributed by atoms with Crippen molar-refractivity contribution >= 4 is 38.3 Å². The molecule has 6 rings (SSSR count). The number of carbonyl (C=O) groups is 1. The van der Waals surface area contributed by atoms with Gasteiger partial charge in [-0.3, -0.25) is 4.79 Å². The Morgan fingerprint density at radius 3 is 2.11 bits per heavy atom. The average molecular weight is 794 g/mol. The van der Waals surface area contributed by atoms with Crippen molar-refractivity contribution in [1.82, 2.24) is 14.3 Å². The molecule has 1 aliphatic rings. The molecule has 0 bridgehead atoms. The van der Waals surface area contributed by atoms with Gasteiger partial charge >= 0.3 is 0 Å². The summed E-state index contributed by atoms with van der Waals surface area (Å²) in [5, 5.41) is 2.75. The van der Waals surface area contributed by atoms with Gasteiger partial charge in [-0.25, -0.2) is 31.6 Å². The van der Waals surface area contributed by atoms with E-state index in [-0.39, 0.29) is 48.3 Å². The zero-order chi connectivity index (χ0) is 40.4. The highest BCUT2D eigenvalue weighted by atomic mass is 32.2. The van der Waals surface area contributed by atoms with Crippen LogP contribution in [-0.2, 0) is 23.1 Å². The fourth-order valence-electron chi connectivity index (χ4n) is 6.68. The van der Waals surface area contributed by atoms with Crippen molar-refractivity contribution in [3.05, 3.63) is 101 Å². The van der Waals surface area contributed by atoms with Crippen LogP contribution in [0, 0.1) is 18.7 Å². The van der Waals surface area contributed by atoms with E-state index in [4.69, 9.17) is 18.9 Å². The maximum Gasteiger partial charge on any atom is 0.261 e. The molecule has 3 aromatic carbocycles. The lowest BCUT2D eigenvalue weighted by molar-refractivity contribution is -0.0652. The number of hydrogen-bond donors (Lipinski definition) is 1. The summed E-state index contributed by atoms with van der Waals surface area (Å²) in [7, 11) is 1.52. The zero-order valence-electron chi connectivity index (χ0n) is 31.7. The molecule has 296 valence electrons. The third kappa shape index (κ3) is 8.16. The van der Waals surface area contributed by atoms with E-state index in [1.807, 2.05) is 0 Å². The second-order valence-electron chi connectivity index (χ2n) is 13.4. The maximum absolute atomic E-state index is 14.6. The van der Waals surface area contributed by atoms with Crippen LogP contribution in [0.5, 0.6) is 23.0 Å². The Hall–Kier alpha value is -5.61. The highest BCUT2D eigenvalue weighted by Crippen LogP contribution is 2.38. The van der Waals surface area contributed by atoms with Crippen molar-refractivity contribution in [2.45, 2.75) is 44.3 Å². The van der Waals surface area contributed by atoms with Gasteiger partial charge in [-0.2, -0.15) is 4.31 Å². The summed E-state index contributed by atoms with van der Waals surface area (Å²) in [6.07, 6.45) is 0.809. The average Bonchev–Trinajstić information content (AvgIpc) is 3.19. The van der Waals surface area contributed by atoms with Gasteiger partial charge in [-0.1, -0.05) is 19.1 Å². The molecule has 0 saturated carbocycles. The maximum atomic E-state index is 14.6. The summed E-state index contributed by atoms with van der Waals surface area (Å²) in [4.78, 5) is 24.7. The number of fused-ring (bicyclic) bond motifs is 1. The minimum Gasteiger partial charge on any atom is -0.497 e. The molecule has 12 nitrogen and oxygen atoms in total. The number of aryl methyl sites for hydroxylation is 1. The highest BCUT2D eigenvalue weighted by Gasteiger charge is 2.42. The van der Waals surface area contributed by atoms with Gasteiger partial charge in [0.05, 0.1) is 39.5 Å². The molecule has 56 heavy (non-hydrogen) atoms. The number of benzene rings is 3. The van der Waals surface area contributed by atoms with Crippen LogP contribution in [-0.4, -0.2) is 76.0 Å². The number of hydrogen-bond acceptors (Lipinski definition) is 10. The Bertz CT molecular complexity index is 2320. The van der Waals surface area contributed by atoms with Gasteiger partial charge in [0.15, 0.2) is 5.03 Å². The Morgan fingerprint density at radius 1 is 0.911 bits per heavy atom. The lowest BCUT2D eigenvalue weighted by Gasteiger charge is -2.38. The van der Waals surface area contributed by atoms with E-state index >= 15 is 0 Å². The van der Waals surface area contributed by atoms with E-state index in [0.29, 0.717) is 50.6 Å². The van der Waals surface area contributed by atoms with Gasteiger partial charge in [0.2, 0.25) is 0 Å². The van der Waals surface area contributed by atoms with Crippen LogP contribution in [0.1, 0.15) is 40.4 Å². The summed E-state index contributed by atoms with van der Waals surface area (Å²) in [5.74, 6) is -3.18. The third-order valence-electron chi connectivity index (χ3n) is 9.92. The van der Waals surface area contributed by atoms with Crippen LogP contribution in [0.15, 0.2) is 78.0 Å². The second-order valence-corrected chi connectivity index (χ2v) is 15.3. The lowest BCUT2D eigenvalue weighted by atomic mass is 9.94. The number of ether oxygens (including phenoxy) is 4. The minimum atomic E-state index is -4.42. The number of rotatable bonds is 13. The quantitative estimate of drug-likeness (QED) is 0.130. The molecule has 0 aliphatic carbocycles.